The molecule has 0 unspecified atom stereocenters. The molecule has 0 rings (SSSR count). The van der Waals surface area contributed by atoms with Gasteiger partial charge in [0.1, 0.15) is 0 Å². The van der Waals surface area contributed by atoms with Gasteiger partial charge < -0.3 is 11.5 Å². The molecule has 0 amide bonds. The molecule has 0 aliphatic heterocycles. The van der Waals surface area contributed by atoms with Gasteiger partial charge in [-0.1, -0.05) is 0 Å². The molecule has 0 saturated carbocycles. The van der Waals surface area contributed by atoms with Gasteiger partial charge in [0.05, 0.1) is 5.66 Å². The first-order valence-electron chi connectivity index (χ1n) is 2.70. The van der Waals surface area contributed by atoms with E-state index in [9.17, 15) is 0 Å². The van der Waals surface area contributed by atoms with Crippen LogP contribution in [0.4, 0.5) is 0 Å². The van der Waals surface area contributed by atoms with Gasteiger partial charge in [0, 0.05) is 5.88 Å². The lowest BCUT2D eigenvalue weighted by atomic mass is 10.1. The number of rotatable bonds is 3. The third-order valence-electron chi connectivity index (χ3n) is 0.849. The highest BCUT2D eigenvalue weighted by Crippen LogP contribution is 2.00. The maximum Gasteiger partial charge on any atom is 0.0608 e. The Labute approximate surface area is 55.2 Å². The van der Waals surface area contributed by atoms with Crippen molar-refractivity contribution in [3.05, 3.63) is 0 Å². The summed E-state index contributed by atoms with van der Waals surface area (Å²) in [7, 11) is 0. The molecule has 2 nitrogen and oxygen atoms in total. The van der Waals surface area contributed by atoms with E-state index in [4.69, 9.17) is 23.1 Å². The minimum atomic E-state index is -0.533. The predicted molar refractivity (Wildman–Crippen MR) is 36.7 cm³/mol. The highest BCUT2D eigenvalue weighted by Gasteiger charge is 2.08. The quantitative estimate of drug-likeness (QED) is 0.442. The number of nitrogens with two attached hydrogens (primary N) is 2. The van der Waals surface area contributed by atoms with Gasteiger partial charge >= 0.3 is 0 Å². The monoisotopic (exact) mass is 136 g/mol. The molecule has 0 aliphatic rings. The van der Waals surface area contributed by atoms with Crippen molar-refractivity contribution in [1.82, 2.24) is 0 Å². The first kappa shape index (κ1) is 8.21. The summed E-state index contributed by atoms with van der Waals surface area (Å²) >= 11 is 5.40. The molecule has 0 spiro atoms. The van der Waals surface area contributed by atoms with Crippen LogP contribution < -0.4 is 11.5 Å². The van der Waals surface area contributed by atoms with E-state index in [1.54, 1.807) is 6.92 Å². The number of alkyl halides is 1. The predicted octanol–water partition coefficient (Wildman–Crippen LogP) is 0.639. The van der Waals surface area contributed by atoms with Gasteiger partial charge in [0.25, 0.3) is 0 Å². The van der Waals surface area contributed by atoms with Crippen molar-refractivity contribution in [3.8, 4) is 0 Å². The Hall–Kier alpha value is 0.210. The Morgan fingerprint density at radius 1 is 1.50 bits per heavy atom. The third kappa shape index (κ3) is 6.21. The van der Waals surface area contributed by atoms with E-state index >= 15 is 0 Å². The van der Waals surface area contributed by atoms with Crippen LogP contribution in [0.15, 0.2) is 0 Å². The number of halogens is 1. The molecule has 8 heavy (non-hydrogen) atoms. The Kier molecular flexibility index (Phi) is 3.36. The van der Waals surface area contributed by atoms with Crippen LogP contribution in [-0.2, 0) is 0 Å². The summed E-state index contributed by atoms with van der Waals surface area (Å²) in [4.78, 5) is 0. The molecule has 0 radical (unpaired) electrons. The highest BCUT2D eigenvalue weighted by atomic mass is 35.5. The fourth-order valence-corrected chi connectivity index (χ4v) is 0.581. The van der Waals surface area contributed by atoms with E-state index in [0.29, 0.717) is 5.88 Å². The second-order valence-electron chi connectivity index (χ2n) is 2.30. The van der Waals surface area contributed by atoms with Crippen molar-refractivity contribution < 1.29 is 0 Å². The molecular weight excluding hydrogens is 124 g/mol. The molecule has 0 bridgehead atoms. The van der Waals surface area contributed by atoms with E-state index in [1.165, 1.54) is 0 Å². The van der Waals surface area contributed by atoms with Crippen molar-refractivity contribution >= 4 is 11.6 Å². The zero-order chi connectivity index (χ0) is 6.62. The molecule has 0 aromatic heterocycles. The van der Waals surface area contributed by atoms with Crippen molar-refractivity contribution in [2.75, 3.05) is 5.88 Å². The summed E-state index contributed by atoms with van der Waals surface area (Å²) < 4.78 is 0. The first-order chi connectivity index (χ1) is 3.56. The topological polar surface area (TPSA) is 52.0 Å². The van der Waals surface area contributed by atoms with E-state index in [1.807, 2.05) is 0 Å². The van der Waals surface area contributed by atoms with Crippen LogP contribution in [0, 0.1) is 0 Å². The van der Waals surface area contributed by atoms with Crippen molar-refractivity contribution in [1.29, 1.82) is 0 Å². The van der Waals surface area contributed by atoms with Gasteiger partial charge in [-0.05, 0) is 19.8 Å². The third-order valence-corrected chi connectivity index (χ3v) is 1.12. The molecule has 0 aromatic carbocycles. The van der Waals surface area contributed by atoms with E-state index < -0.39 is 5.66 Å². The maximum atomic E-state index is 5.44. The fraction of sp³-hybridized carbons (Fsp3) is 1.00. The lowest BCUT2D eigenvalue weighted by Crippen LogP contribution is -2.45. The molecule has 0 saturated heterocycles. The summed E-state index contributed by atoms with van der Waals surface area (Å²) in [5.41, 5.74) is 10.3. The minimum Gasteiger partial charge on any atom is -0.314 e. The molecule has 0 heterocycles. The van der Waals surface area contributed by atoms with Crippen LogP contribution in [-0.4, -0.2) is 11.5 Å². The van der Waals surface area contributed by atoms with E-state index in [0.717, 1.165) is 12.8 Å². The molecule has 0 atom stereocenters. The summed E-state index contributed by atoms with van der Waals surface area (Å²) in [6.07, 6.45) is 1.68. The minimum absolute atomic E-state index is 0.533. The van der Waals surface area contributed by atoms with Gasteiger partial charge in [-0.25, -0.2) is 0 Å². The summed E-state index contributed by atoms with van der Waals surface area (Å²) in [5.74, 6) is 0.643. The molecule has 4 N–H and O–H groups in total. The van der Waals surface area contributed by atoms with E-state index in [-0.39, 0.29) is 0 Å². The van der Waals surface area contributed by atoms with Crippen LogP contribution in [0.25, 0.3) is 0 Å². The van der Waals surface area contributed by atoms with Crippen LogP contribution in [0.5, 0.6) is 0 Å². The lowest BCUT2D eigenvalue weighted by molar-refractivity contribution is 0.446. The van der Waals surface area contributed by atoms with Gasteiger partial charge in [0.15, 0.2) is 0 Å². The average Bonchev–Trinajstić information content (AvgIpc) is 1.59. The summed E-state index contributed by atoms with van der Waals surface area (Å²) in [6, 6.07) is 0. The zero-order valence-corrected chi connectivity index (χ0v) is 5.91. The summed E-state index contributed by atoms with van der Waals surface area (Å²) in [5, 5.41) is 0. The average molecular weight is 137 g/mol. The Morgan fingerprint density at radius 3 is 2.12 bits per heavy atom. The Morgan fingerprint density at radius 2 is 2.00 bits per heavy atom. The molecule has 3 heteroatoms. The lowest BCUT2D eigenvalue weighted by Gasteiger charge is -2.16. The highest BCUT2D eigenvalue weighted by molar-refractivity contribution is 6.17. The van der Waals surface area contributed by atoms with Gasteiger partial charge in [-0.3, -0.25) is 0 Å². The van der Waals surface area contributed by atoms with E-state index in [2.05, 4.69) is 0 Å². The smallest absolute Gasteiger partial charge is 0.0608 e. The molecule has 0 aromatic rings. The van der Waals surface area contributed by atoms with Gasteiger partial charge in [0.2, 0.25) is 0 Å². The molecule has 0 fully saturated rings. The molecule has 0 aliphatic carbocycles. The second-order valence-corrected chi connectivity index (χ2v) is 2.68. The number of hydrogen-bond donors (Lipinski definition) is 2. The van der Waals surface area contributed by atoms with Gasteiger partial charge in [-0.2, -0.15) is 0 Å². The molecular formula is C5H13ClN2. The normalized spacial score (nSPS) is 12.0. The van der Waals surface area contributed by atoms with Crippen molar-refractivity contribution in [2.24, 2.45) is 11.5 Å². The van der Waals surface area contributed by atoms with Crippen LogP contribution >= 0.6 is 11.6 Å². The second kappa shape index (κ2) is 3.28. The fourth-order valence-electron chi connectivity index (χ4n) is 0.448. The number of hydrogen-bond acceptors (Lipinski definition) is 2. The maximum absolute atomic E-state index is 5.44. The van der Waals surface area contributed by atoms with Gasteiger partial charge in [-0.15, -0.1) is 11.6 Å². The zero-order valence-electron chi connectivity index (χ0n) is 5.15. The molecule has 50 valence electrons. The summed E-state index contributed by atoms with van der Waals surface area (Å²) in [6.45, 7) is 1.79. The Bertz CT molecular complexity index is 57.9. The SMILES string of the molecule is CC(N)(N)CCCCl. The van der Waals surface area contributed by atoms with Crippen molar-refractivity contribution in [3.63, 3.8) is 0 Å². The first-order valence-corrected chi connectivity index (χ1v) is 3.23. The Balaban J connectivity index is 3.11. The van der Waals surface area contributed by atoms with Crippen LogP contribution in [0.3, 0.4) is 0 Å². The van der Waals surface area contributed by atoms with Crippen LogP contribution in [0.1, 0.15) is 19.8 Å². The van der Waals surface area contributed by atoms with Crippen molar-refractivity contribution in [2.45, 2.75) is 25.4 Å². The van der Waals surface area contributed by atoms with Crippen LogP contribution in [0.2, 0.25) is 0 Å². The standard InChI is InChI=1S/C5H13ClN2/c1-5(7,8)3-2-4-6/h2-4,7-8H2,1H3. The largest absolute Gasteiger partial charge is 0.314 e.